The Morgan fingerprint density at radius 2 is 1.78 bits per heavy atom. The van der Waals surface area contributed by atoms with Gasteiger partial charge < -0.3 is 18.9 Å². The van der Waals surface area contributed by atoms with Crippen LogP contribution in [0.2, 0.25) is 0 Å². The van der Waals surface area contributed by atoms with Gasteiger partial charge in [-0.05, 0) is 12.1 Å². The molecule has 7 heteroatoms. The third kappa shape index (κ3) is 3.98. The fourth-order valence-corrected chi connectivity index (χ4v) is 2.85. The van der Waals surface area contributed by atoms with Gasteiger partial charge >= 0.3 is 0 Å². The van der Waals surface area contributed by atoms with E-state index < -0.39 is 0 Å². The zero-order valence-corrected chi connectivity index (χ0v) is 14.7. The Morgan fingerprint density at radius 3 is 2.59 bits per heavy atom. The molecular weight excluding hydrogens is 346 g/mol. The fraction of sp³-hybridized carbons (Fsp3) is 0.250. The topological polar surface area (TPSA) is 77.7 Å². The Labute approximate surface area is 156 Å². The third-order valence-corrected chi connectivity index (χ3v) is 4.29. The van der Waals surface area contributed by atoms with E-state index in [1.807, 2.05) is 48.5 Å². The number of benzene rings is 2. The molecule has 1 saturated heterocycles. The van der Waals surface area contributed by atoms with Crippen molar-refractivity contribution in [2.75, 3.05) is 32.9 Å². The van der Waals surface area contributed by atoms with E-state index in [0.717, 1.165) is 5.56 Å². The summed E-state index contributed by atoms with van der Waals surface area (Å²) >= 11 is 0. The molecule has 0 bridgehead atoms. The van der Waals surface area contributed by atoms with Crippen LogP contribution >= 0.6 is 0 Å². The van der Waals surface area contributed by atoms with E-state index >= 15 is 0 Å². The maximum Gasteiger partial charge on any atom is 0.262 e. The van der Waals surface area contributed by atoms with Crippen molar-refractivity contribution in [1.29, 1.82) is 0 Å². The number of rotatable bonds is 5. The summed E-state index contributed by atoms with van der Waals surface area (Å²) in [4.78, 5) is 18.5. The summed E-state index contributed by atoms with van der Waals surface area (Å²) in [5, 5.41) is 4.04. The number of ether oxygens (including phenoxy) is 2. The van der Waals surface area contributed by atoms with Crippen LogP contribution in [0.1, 0.15) is 0 Å². The number of hydrogen-bond donors (Lipinski definition) is 0. The molecule has 4 rings (SSSR count). The summed E-state index contributed by atoms with van der Waals surface area (Å²) in [7, 11) is 0. The van der Waals surface area contributed by atoms with Crippen molar-refractivity contribution in [1.82, 2.24) is 15.0 Å². The van der Waals surface area contributed by atoms with Crippen LogP contribution in [0.25, 0.3) is 22.8 Å². The van der Waals surface area contributed by atoms with Gasteiger partial charge in [-0.1, -0.05) is 47.6 Å². The molecule has 0 unspecified atom stereocenters. The van der Waals surface area contributed by atoms with E-state index in [1.165, 1.54) is 0 Å². The highest BCUT2D eigenvalue weighted by Gasteiger charge is 2.19. The van der Waals surface area contributed by atoms with E-state index in [4.69, 9.17) is 14.0 Å². The summed E-state index contributed by atoms with van der Waals surface area (Å²) in [6.45, 7) is 2.26. The number of carbonyl (C=O) groups excluding carboxylic acids is 1. The first-order valence-electron chi connectivity index (χ1n) is 8.78. The van der Waals surface area contributed by atoms with Crippen molar-refractivity contribution in [2.45, 2.75) is 0 Å². The number of morpholine rings is 1. The molecule has 7 nitrogen and oxygen atoms in total. The zero-order chi connectivity index (χ0) is 18.5. The Hall–Kier alpha value is -3.19. The SMILES string of the molecule is O=C(COc1ccccc1-c1nc(-c2ccccc2)no1)N1CCOCC1. The predicted octanol–water partition coefficient (Wildman–Crippen LogP) is 2.64. The van der Waals surface area contributed by atoms with Crippen LogP contribution < -0.4 is 4.74 Å². The molecular formula is C20H19N3O4. The maximum atomic E-state index is 12.3. The van der Waals surface area contributed by atoms with Crippen molar-refractivity contribution < 1.29 is 18.8 Å². The zero-order valence-electron chi connectivity index (χ0n) is 14.7. The van der Waals surface area contributed by atoms with Gasteiger partial charge in [0.15, 0.2) is 6.61 Å². The van der Waals surface area contributed by atoms with Crippen LogP contribution in [-0.2, 0) is 9.53 Å². The van der Waals surface area contributed by atoms with Gasteiger partial charge in [-0.3, -0.25) is 4.79 Å². The number of carbonyl (C=O) groups is 1. The molecule has 0 radical (unpaired) electrons. The summed E-state index contributed by atoms with van der Waals surface area (Å²) in [5.41, 5.74) is 1.52. The van der Waals surface area contributed by atoms with E-state index in [9.17, 15) is 4.79 Å². The maximum absolute atomic E-state index is 12.3. The smallest absolute Gasteiger partial charge is 0.262 e. The molecule has 27 heavy (non-hydrogen) atoms. The van der Waals surface area contributed by atoms with Crippen LogP contribution in [0.3, 0.4) is 0 Å². The van der Waals surface area contributed by atoms with Crippen molar-refractivity contribution in [3.63, 3.8) is 0 Å². The molecule has 0 spiro atoms. The molecule has 138 valence electrons. The largest absolute Gasteiger partial charge is 0.483 e. The van der Waals surface area contributed by atoms with Crippen LogP contribution in [0.15, 0.2) is 59.1 Å². The molecule has 2 heterocycles. The van der Waals surface area contributed by atoms with Crippen LogP contribution in [0.5, 0.6) is 5.75 Å². The molecule has 1 aromatic heterocycles. The van der Waals surface area contributed by atoms with Gasteiger partial charge in [0.25, 0.3) is 11.8 Å². The number of amides is 1. The molecule has 1 amide bonds. The standard InChI is InChI=1S/C20H19N3O4/c24-18(23-10-12-25-13-11-23)14-26-17-9-5-4-8-16(17)20-21-19(22-27-20)15-6-2-1-3-7-15/h1-9H,10-14H2. The first kappa shape index (κ1) is 17.2. The number of hydrogen-bond acceptors (Lipinski definition) is 6. The summed E-state index contributed by atoms with van der Waals surface area (Å²) < 4.78 is 16.4. The van der Waals surface area contributed by atoms with Gasteiger partial charge in [0.2, 0.25) is 5.82 Å². The lowest BCUT2D eigenvalue weighted by Crippen LogP contribution is -2.43. The second-order valence-corrected chi connectivity index (χ2v) is 6.07. The molecule has 1 aliphatic heterocycles. The van der Waals surface area contributed by atoms with Crippen LogP contribution in [-0.4, -0.2) is 53.9 Å². The molecule has 0 N–H and O–H groups in total. The van der Waals surface area contributed by atoms with Crippen molar-refractivity contribution >= 4 is 5.91 Å². The van der Waals surface area contributed by atoms with Crippen molar-refractivity contribution in [3.8, 4) is 28.6 Å². The average Bonchev–Trinajstić information content (AvgIpc) is 3.23. The second kappa shape index (κ2) is 8.01. The Balaban J connectivity index is 1.50. The summed E-state index contributed by atoms with van der Waals surface area (Å²) in [5.74, 6) is 1.32. The first-order chi connectivity index (χ1) is 13.3. The highest BCUT2D eigenvalue weighted by Crippen LogP contribution is 2.30. The lowest BCUT2D eigenvalue weighted by molar-refractivity contribution is -0.137. The minimum atomic E-state index is -0.0661. The molecule has 0 aliphatic carbocycles. The average molecular weight is 365 g/mol. The van der Waals surface area contributed by atoms with Gasteiger partial charge in [0.1, 0.15) is 5.75 Å². The summed E-state index contributed by atoms with van der Waals surface area (Å²) in [6, 6.07) is 16.9. The number of nitrogens with zero attached hydrogens (tertiary/aromatic N) is 3. The molecule has 0 atom stereocenters. The fourth-order valence-electron chi connectivity index (χ4n) is 2.85. The first-order valence-corrected chi connectivity index (χ1v) is 8.78. The minimum absolute atomic E-state index is 0.0449. The lowest BCUT2D eigenvalue weighted by Gasteiger charge is -2.26. The lowest BCUT2D eigenvalue weighted by atomic mass is 10.2. The molecule has 1 fully saturated rings. The van der Waals surface area contributed by atoms with Gasteiger partial charge in [0.05, 0.1) is 18.8 Å². The molecule has 3 aromatic rings. The highest BCUT2D eigenvalue weighted by molar-refractivity contribution is 5.78. The molecule has 0 saturated carbocycles. The van der Waals surface area contributed by atoms with Crippen molar-refractivity contribution in [2.24, 2.45) is 0 Å². The van der Waals surface area contributed by atoms with E-state index in [2.05, 4.69) is 10.1 Å². The third-order valence-electron chi connectivity index (χ3n) is 4.29. The quantitative estimate of drug-likeness (QED) is 0.692. The van der Waals surface area contributed by atoms with Crippen LogP contribution in [0, 0.1) is 0 Å². The van der Waals surface area contributed by atoms with Gasteiger partial charge in [-0.2, -0.15) is 4.98 Å². The number of para-hydroxylation sites is 1. The monoisotopic (exact) mass is 365 g/mol. The van der Waals surface area contributed by atoms with Gasteiger partial charge in [0, 0.05) is 18.7 Å². The molecule has 1 aliphatic rings. The van der Waals surface area contributed by atoms with Crippen LogP contribution in [0.4, 0.5) is 0 Å². The Kier molecular flexibility index (Phi) is 5.11. The van der Waals surface area contributed by atoms with Crippen molar-refractivity contribution in [3.05, 3.63) is 54.6 Å². The molecule has 2 aromatic carbocycles. The minimum Gasteiger partial charge on any atom is -0.483 e. The highest BCUT2D eigenvalue weighted by atomic mass is 16.5. The Morgan fingerprint density at radius 1 is 1.04 bits per heavy atom. The number of aromatic nitrogens is 2. The Bertz CT molecular complexity index is 904. The summed E-state index contributed by atoms with van der Waals surface area (Å²) in [6.07, 6.45) is 0. The predicted molar refractivity (Wildman–Crippen MR) is 98.1 cm³/mol. The normalized spacial score (nSPS) is 14.1. The van der Waals surface area contributed by atoms with Gasteiger partial charge in [-0.25, -0.2) is 0 Å². The second-order valence-electron chi connectivity index (χ2n) is 6.07. The van der Waals surface area contributed by atoms with E-state index in [0.29, 0.717) is 49.3 Å². The van der Waals surface area contributed by atoms with E-state index in [1.54, 1.807) is 11.0 Å². The van der Waals surface area contributed by atoms with Gasteiger partial charge in [-0.15, -0.1) is 0 Å². The van der Waals surface area contributed by atoms with E-state index in [-0.39, 0.29) is 12.5 Å².